The van der Waals surface area contributed by atoms with E-state index in [2.05, 4.69) is 12.0 Å². The van der Waals surface area contributed by atoms with Crippen LogP contribution in [0.15, 0.2) is 30.5 Å². The molecule has 0 spiro atoms. The SMILES string of the molecule is CCCc1nn(-c2cccc(C)c2)cc1O. The fraction of sp³-hybridized carbons (Fsp3) is 0.308. The number of hydrogen-bond donors (Lipinski definition) is 1. The van der Waals surface area contributed by atoms with Gasteiger partial charge in [0.25, 0.3) is 0 Å². The lowest BCUT2D eigenvalue weighted by Crippen LogP contribution is -1.96. The van der Waals surface area contributed by atoms with Gasteiger partial charge in [0.2, 0.25) is 0 Å². The van der Waals surface area contributed by atoms with Gasteiger partial charge in [0.15, 0.2) is 5.75 Å². The van der Waals surface area contributed by atoms with Gasteiger partial charge in [0.05, 0.1) is 11.9 Å². The Morgan fingerprint density at radius 1 is 1.38 bits per heavy atom. The molecule has 0 radical (unpaired) electrons. The van der Waals surface area contributed by atoms with Gasteiger partial charge >= 0.3 is 0 Å². The van der Waals surface area contributed by atoms with E-state index in [4.69, 9.17) is 0 Å². The molecule has 1 aromatic heterocycles. The summed E-state index contributed by atoms with van der Waals surface area (Å²) in [4.78, 5) is 0. The van der Waals surface area contributed by atoms with Gasteiger partial charge in [0.1, 0.15) is 5.69 Å². The molecule has 0 bridgehead atoms. The quantitative estimate of drug-likeness (QED) is 0.856. The van der Waals surface area contributed by atoms with E-state index in [0.29, 0.717) is 0 Å². The maximum atomic E-state index is 9.71. The summed E-state index contributed by atoms with van der Waals surface area (Å²) in [5.41, 5.74) is 2.94. The summed E-state index contributed by atoms with van der Waals surface area (Å²) in [5, 5.41) is 14.1. The van der Waals surface area contributed by atoms with E-state index in [1.54, 1.807) is 10.9 Å². The third-order valence-electron chi connectivity index (χ3n) is 2.52. The van der Waals surface area contributed by atoms with E-state index in [1.807, 2.05) is 31.2 Å². The number of aryl methyl sites for hydroxylation is 2. The minimum Gasteiger partial charge on any atom is -0.504 e. The van der Waals surface area contributed by atoms with E-state index in [0.717, 1.165) is 24.2 Å². The zero-order valence-electron chi connectivity index (χ0n) is 9.64. The molecule has 1 aromatic carbocycles. The molecule has 0 saturated heterocycles. The summed E-state index contributed by atoms with van der Waals surface area (Å²) < 4.78 is 1.73. The van der Waals surface area contributed by atoms with Crippen LogP contribution in [0, 0.1) is 6.92 Å². The normalized spacial score (nSPS) is 10.6. The van der Waals surface area contributed by atoms with Crippen LogP contribution >= 0.6 is 0 Å². The molecule has 1 N–H and O–H groups in total. The minimum absolute atomic E-state index is 0.281. The molecule has 0 aliphatic carbocycles. The molecule has 84 valence electrons. The van der Waals surface area contributed by atoms with Crippen LogP contribution in [0.3, 0.4) is 0 Å². The third kappa shape index (κ3) is 2.08. The molecular weight excluding hydrogens is 200 g/mol. The Labute approximate surface area is 95.3 Å². The first-order valence-electron chi connectivity index (χ1n) is 5.55. The first-order valence-corrected chi connectivity index (χ1v) is 5.55. The average Bonchev–Trinajstić information content (AvgIpc) is 2.61. The van der Waals surface area contributed by atoms with Gasteiger partial charge in [-0.1, -0.05) is 25.5 Å². The van der Waals surface area contributed by atoms with Gasteiger partial charge in [-0.3, -0.25) is 0 Å². The van der Waals surface area contributed by atoms with Gasteiger partial charge in [-0.25, -0.2) is 4.68 Å². The first kappa shape index (κ1) is 10.7. The van der Waals surface area contributed by atoms with Gasteiger partial charge < -0.3 is 5.11 Å². The Bertz CT molecular complexity index is 488. The highest BCUT2D eigenvalue weighted by atomic mass is 16.3. The average molecular weight is 216 g/mol. The zero-order chi connectivity index (χ0) is 11.5. The molecular formula is C13H16N2O. The van der Waals surface area contributed by atoms with Crippen molar-refractivity contribution in [3.05, 3.63) is 41.7 Å². The van der Waals surface area contributed by atoms with Crippen molar-refractivity contribution >= 4 is 0 Å². The van der Waals surface area contributed by atoms with Crippen molar-refractivity contribution in [3.63, 3.8) is 0 Å². The number of nitrogens with zero attached hydrogens (tertiary/aromatic N) is 2. The maximum Gasteiger partial charge on any atom is 0.157 e. The van der Waals surface area contributed by atoms with Crippen LogP contribution in [0.1, 0.15) is 24.6 Å². The fourth-order valence-corrected chi connectivity index (χ4v) is 1.72. The number of benzene rings is 1. The smallest absolute Gasteiger partial charge is 0.157 e. The highest BCUT2D eigenvalue weighted by Crippen LogP contribution is 2.19. The molecule has 0 aliphatic rings. The minimum atomic E-state index is 0.281. The Morgan fingerprint density at radius 2 is 2.19 bits per heavy atom. The topological polar surface area (TPSA) is 38.0 Å². The lowest BCUT2D eigenvalue weighted by Gasteiger charge is -2.01. The van der Waals surface area contributed by atoms with E-state index < -0.39 is 0 Å². The summed E-state index contributed by atoms with van der Waals surface area (Å²) in [6.45, 7) is 4.12. The highest BCUT2D eigenvalue weighted by molar-refractivity contribution is 5.37. The Kier molecular flexibility index (Phi) is 2.95. The summed E-state index contributed by atoms with van der Waals surface area (Å²) >= 11 is 0. The number of rotatable bonds is 3. The molecule has 3 heteroatoms. The first-order chi connectivity index (χ1) is 7.70. The molecule has 0 atom stereocenters. The fourth-order valence-electron chi connectivity index (χ4n) is 1.72. The van der Waals surface area contributed by atoms with Crippen molar-refractivity contribution in [1.29, 1.82) is 0 Å². The lowest BCUT2D eigenvalue weighted by atomic mass is 10.2. The van der Waals surface area contributed by atoms with Gasteiger partial charge in [-0.15, -0.1) is 0 Å². The zero-order valence-corrected chi connectivity index (χ0v) is 9.64. The Hall–Kier alpha value is -1.77. The number of aromatic hydroxyl groups is 1. The maximum absolute atomic E-state index is 9.71. The molecule has 0 fully saturated rings. The molecule has 0 unspecified atom stereocenters. The molecule has 3 nitrogen and oxygen atoms in total. The molecule has 0 aliphatic heterocycles. The van der Waals surface area contributed by atoms with E-state index in [-0.39, 0.29) is 5.75 Å². The van der Waals surface area contributed by atoms with Crippen molar-refractivity contribution in [2.75, 3.05) is 0 Å². The standard InChI is InChI=1S/C13H16N2O/c1-3-5-12-13(16)9-15(14-12)11-7-4-6-10(2)8-11/h4,6-9,16H,3,5H2,1-2H3. The molecule has 0 amide bonds. The van der Waals surface area contributed by atoms with Crippen LogP contribution in [-0.2, 0) is 6.42 Å². The van der Waals surface area contributed by atoms with Crippen molar-refractivity contribution in [1.82, 2.24) is 9.78 Å². The largest absolute Gasteiger partial charge is 0.504 e. The van der Waals surface area contributed by atoms with Crippen molar-refractivity contribution in [2.24, 2.45) is 0 Å². The molecule has 2 rings (SSSR count). The number of hydrogen-bond acceptors (Lipinski definition) is 2. The second kappa shape index (κ2) is 4.39. The van der Waals surface area contributed by atoms with Crippen LogP contribution in [0.2, 0.25) is 0 Å². The van der Waals surface area contributed by atoms with Crippen molar-refractivity contribution in [2.45, 2.75) is 26.7 Å². The second-order valence-electron chi connectivity index (χ2n) is 3.99. The predicted molar refractivity (Wildman–Crippen MR) is 64.0 cm³/mol. The summed E-state index contributed by atoms with van der Waals surface area (Å²) in [6, 6.07) is 8.06. The monoisotopic (exact) mass is 216 g/mol. The predicted octanol–water partition coefficient (Wildman–Crippen LogP) is 2.84. The van der Waals surface area contributed by atoms with Crippen molar-refractivity contribution in [3.8, 4) is 11.4 Å². The van der Waals surface area contributed by atoms with E-state index in [1.165, 1.54) is 5.56 Å². The second-order valence-corrected chi connectivity index (χ2v) is 3.99. The lowest BCUT2D eigenvalue weighted by molar-refractivity contribution is 0.467. The molecule has 2 aromatic rings. The highest BCUT2D eigenvalue weighted by Gasteiger charge is 2.07. The van der Waals surface area contributed by atoms with E-state index >= 15 is 0 Å². The summed E-state index contributed by atoms with van der Waals surface area (Å²) in [6.07, 6.45) is 3.46. The van der Waals surface area contributed by atoms with Gasteiger partial charge in [0, 0.05) is 0 Å². The Morgan fingerprint density at radius 3 is 2.88 bits per heavy atom. The van der Waals surface area contributed by atoms with Crippen molar-refractivity contribution < 1.29 is 5.11 Å². The third-order valence-corrected chi connectivity index (χ3v) is 2.52. The van der Waals surface area contributed by atoms with Crippen LogP contribution in [0.25, 0.3) is 5.69 Å². The molecule has 1 heterocycles. The van der Waals surface area contributed by atoms with E-state index in [9.17, 15) is 5.11 Å². The van der Waals surface area contributed by atoms with Crippen LogP contribution < -0.4 is 0 Å². The summed E-state index contributed by atoms with van der Waals surface area (Å²) in [5.74, 6) is 0.281. The molecule has 0 saturated carbocycles. The summed E-state index contributed by atoms with van der Waals surface area (Å²) in [7, 11) is 0. The van der Waals surface area contributed by atoms with Crippen LogP contribution in [-0.4, -0.2) is 14.9 Å². The van der Waals surface area contributed by atoms with Gasteiger partial charge in [-0.05, 0) is 31.0 Å². The number of aromatic nitrogens is 2. The van der Waals surface area contributed by atoms with Gasteiger partial charge in [-0.2, -0.15) is 5.10 Å². The Balaban J connectivity index is 2.37. The molecule has 16 heavy (non-hydrogen) atoms. The van der Waals surface area contributed by atoms with Crippen LogP contribution in [0.5, 0.6) is 5.75 Å². The van der Waals surface area contributed by atoms with Crippen LogP contribution in [0.4, 0.5) is 0 Å².